The van der Waals surface area contributed by atoms with Crippen molar-refractivity contribution in [1.29, 1.82) is 0 Å². The number of non-ortho nitro benzene ring substituents is 1. The van der Waals surface area contributed by atoms with E-state index in [4.69, 9.17) is 0 Å². The van der Waals surface area contributed by atoms with Gasteiger partial charge in [-0.05, 0) is 18.9 Å². The Balaban J connectivity index is 2.04. The fraction of sp³-hybridized carbons (Fsp3) is 0.500. The third kappa shape index (κ3) is 2.18. The van der Waals surface area contributed by atoms with Crippen LogP contribution in [0.5, 0.6) is 0 Å². The van der Waals surface area contributed by atoms with Gasteiger partial charge in [-0.25, -0.2) is 0 Å². The predicted molar refractivity (Wildman–Crippen MR) is 75.7 cm³/mol. The standard InChI is InChI=1S/C14H17N3O4/c18-13-14(19,16-7-3-1-2-4-8-16)11-9-10(17(20)21)5-6-12(11)15-13/h5-6,9,19H,1-4,7-8H2,(H,15,18)/t14-/m0/s1. The second kappa shape index (κ2) is 5.09. The molecule has 0 aromatic heterocycles. The number of hydrogen-bond donors (Lipinski definition) is 2. The van der Waals surface area contributed by atoms with Gasteiger partial charge in [-0.15, -0.1) is 0 Å². The molecule has 1 aromatic carbocycles. The van der Waals surface area contributed by atoms with Crippen LogP contribution in [0.3, 0.4) is 0 Å². The van der Waals surface area contributed by atoms with Crippen LogP contribution in [-0.2, 0) is 10.5 Å². The minimum Gasteiger partial charge on any atom is -0.364 e. The lowest BCUT2D eigenvalue weighted by molar-refractivity contribution is -0.385. The van der Waals surface area contributed by atoms with Crippen LogP contribution < -0.4 is 5.32 Å². The molecular weight excluding hydrogens is 274 g/mol. The first-order valence-corrected chi connectivity index (χ1v) is 7.11. The Labute approximate surface area is 121 Å². The van der Waals surface area contributed by atoms with Gasteiger partial charge >= 0.3 is 0 Å². The van der Waals surface area contributed by atoms with Crippen LogP contribution in [0.25, 0.3) is 0 Å². The molecule has 0 saturated carbocycles. The Morgan fingerprint density at radius 1 is 1.24 bits per heavy atom. The van der Waals surface area contributed by atoms with E-state index in [-0.39, 0.29) is 11.3 Å². The van der Waals surface area contributed by atoms with Crippen molar-refractivity contribution in [3.8, 4) is 0 Å². The van der Waals surface area contributed by atoms with Gasteiger partial charge in [-0.1, -0.05) is 12.8 Å². The molecule has 0 radical (unpaired) electrons. The maximum Gasteiger partial charge on any atom is 0.276 e. The van der Waals surface area contributed by atoms with E-state index in [0.717, 1.165) is 25.7 Å². The fourth-order valence-electron chi connectivity index (χ4n) is 3.08. The molecule has 0 aliphatic carbocycles. The highest BCUT2D eigenvalue weighted by molar-refractivity contribution is 6.04. The summed E-state index contributed by atoms with van der Waals surface area (Å²) in [6.45, 7) is 1.21. The van der Waals surface area contributed by atoms with E-state index in [2.05, 4.69) is 5.32 Å². The molecular formula is C14H17N3O4. The summed E-state index contributed by atoms with van der Waals surface area (Å²) >= 11 is 0. The van der Waals surface area contributed by atoms with E-state index in [1.807, 2.05) is 0 Å². The zero-order valence-electron chi connectivity index (χ0n) is 11.5. The molecule has 1 saturated heterocycles. The van der Waals surface area contributed by atoms with Crippen molar-refractivity contribution in [3.63, 3.8) is 0 Å². The highest BCUT2D eigenvalue weighted by Gasteiger charge is 2.50. The van der Waals surface area contributed by atoms with Gasteiger partial charge in [0.25, 0.3) is 11.6 Å². The van der Waals surface area contributed by atoms with Crippen LogP contribution in [0.15, 0.2) is 18.2 Å². The highest BCUT2D eigenvalue weighted by Crippen LogP contribution is 2.41. The molecule has 2 aliphatic heterocycles. The van der Waals surface area contributed by atoms with E-state index in [0.29, 0.717) is 18.8 Å². The zero-order chi connectivity index (χ0) is 15.0. The predicted octanol–water partition coefficient (Wildman–Crippen LogP) is 1.57. The van der Waals surface area contributed by atoms with E-state index in [1.165, 1.54) is 18.2 Å². The lowest BCUT2D eigenvalue weighted by Gasteiger charge is -2.34. The summed E-state index contributed by atoms with van der Waals surface area (Å²) in [7, 11) is 0. The Kier molecular flexibility index (Phi) is 3.38. The van der Waals surface area contributed by atoms with Gasteiger partial charge in [0.2, 0.25) is 5.72 Å². The Bertz CT molecular complexity index is 596. The number of aliphatic hydroxyl groups is 1. The van der Waals surface area contributed by atoms with Gasteiger partial charge in [-0.2, -0.15) is 0 Å². The summed E-state index contributed by atoms with van der Waals surface area (Å²) in [6, 6.07) is 4.09. The van der Waals surface area contributed by atoms with E-state index in [9.17, 15) is 20.0 Å². The number of benzene rings is 1. The summed E-state index contributed by atoms with van der Waals surface area (Å²) in [4.78, 5) is 24.4. The van der Waals surface area contributed by atoms with Crippen LogP contribution in [0.4, 0.5) is 11.4 Å². The molecule has 7 heteroatoms. The maximum atomic E-state index is 12.3. The van der Waals surface area contributed by atoms with Gasteiger partial charge in [0, 0.05) is 36.5 Å². The minimum absolute atomic E-state index is 0.126. The molecule has 0 unspecified atom stereocenters. The molecule has 1 atom stereocenters. The first-order valence-electron chi connectivity index (χ1n) is 7.11. The maximum absolute atomic E-state index is 12.3. The SMILES string of the molecule is O=C1Nc2ccc([N+](=O)[O-])cc2[C@@]1(O)N1CCCCCC1. The molecule has 7 nitrogen and oxygen atoms in total. The molecule has 1 fully saturated rings. The Morgan fingerprint density at radius 2 is 1.90 bits per heavy atom. The molecule has 2 heterocycles. The van der Waals surface area contributed by atoms with Crippen molar-refractivity contribution >= 4 is 17.3 Å². The van der Waals surface area contributed by atoms with Crippen LogP contribution in [0, 0.1) is 10.1 Å². The number of anilines is 1. The number of fused-ring (bicyclic) bond motifs is 1. The monoisotopic (exact) mass is 291 g/mol. The number of amides is 1. The Hall–Kier alpha value is -1.99. The summed E-state index contributed by atoms with van der Waals surface area (Å²) in [5, 5.41) is 24.5. The first kappa shape index (κ1) is 14.0. The van der Waals surface area contributed by atoms with Gasteiger partial charge in [-0.3, -0.25) is 19.8 Å². The molecule has 21 heavy (non-hydrogen) atoms. The minimum atomic E-state index is -1.80. The normalized spacial score (nSPS) is 26.0. The average Bonchev–Trinajstić information content (AvgIpc) is 2.67. The molecule has 0 bridgehead atoms. The molecule has 2 N–H and O–H groups in total. The lowest BCUT2D eigenvalue weighted by atomic mass is 10.0. The molecule has 3 rings (SSSR count). The van der Waals surface area contributed by atoms with Gasteiger partial charge in [0.15, 0.2) is 0 Å². The van der Waals surface area contributed by atoms with Crippen molar-refractivity contribution in [2.24, 2.45) is 0 Å². The molecule has 1 amide bonds. The third-order valence-corrected chi connectivity index (χ3v) is 4.22. The first-order chi connectivity index (χ1) is 10.0. The number of rotatable bonds is 2. The van der Waals surface area contributed by atoms with Crippen LogP contribution in [0.2, 0.25) is 0 Å². The second-order valence-electron chi connectivity index (χ2n) is 5.51. The molecule has 2 aliphatic rings. The topological polar surface area (TPSA) is 95.7 Å². The molecule has 112 valence electrons. The van der Waals surface area contributed by atoms with Crippen LogP contribution in [0.1, 0.15) is 31.2 Å². The van der Waals surface area contributed by atoms with Crippen molar-refractivity contribution in [2.75, 3.05) is 18.4 Å². The van der Waals surface area contributed by atoms with E-state index < -0.39 is 16.6 Å². The summed E-state index contributed by atoms with van der Waals surface area (Å²) < 4.78 is 0. The quantitative estimate of drug-likeness (QED) is 0.637. The number of nitro benzene ring substituents is 1. The van der Waals surface area contributed by atoms with E-state index in [1.54, 1.807) is 4.90 Å². The zero-order valence-corrected chi connectivity index (χ0v) is 11.5. The second-order valence-corrected chi connectivity index (χ2v) is 5.51. The summed E-state index contributed by atoms with van der Waals surface area (Å²) in [6.07, 6.45) is 3.94. The van der Waals surface area contributed by atoms with Crippen LogP contribution in [-0.4, -0.2) is 33.9 Å². The van der Waals surface area contributed by atoms with E-state index >= 15 is 0 Å². The number of carbonyl (C=O) groups is 1. The molecule has 0 spiro atoms. The Morgan fingerprint density at radius 3 is 2.52 bits per heavy atom. The number of hydrogen-bond acceptors (Lipinski definition) is 5. The van der Waals surface area contributed by atoms with Crippen molar-refractivity contribution in [2.45, 2.75) is 31.4 Å². The summed E-state index contributed by atoms with van der Waals surface area (Å²) in [5.41, 5.74) is -1.20. The fourth-order valence-corrected chi connectivity index (χ4v) is 3.08. The number of likely N-dealkylation sites (tertiary alicyclic amines) is 1. The van der Waals surface area contributed by atoms with Crippen molar-refractivity contribution in [3.05, 3.63) is 33.9 Å². The largest absolute Gasteiger partial charge is 0.364 e. The highest BCUT2D eigenvalue weighted by atomic mass is 16.6. The number of nitrogens with one attached hydrogen (secondary N) is 1. The van der Waals surface area contributed by atoms with Gasteiger partial charge in [0.1, 0.15) is 0 Å². The summed E-state index contributed by atoms with van der Waals surface area (Å²) in [5.74, 6) is -0.528. The van der Waals surface area contributed by atoms with Gasteiger partial charge in [0.05, 0.1) is 4.92 Å². The molecule has 1 aromatic rings. The number of nitrogens with zero attached hydrogens (tertiary/aromatic N) is 2. The number of carbonyl (C=O) groups excluding carboxylic acids is 1. The smallest absolute Gasteiger partial charge is 0.276 e. The number of nitro groups is 1. The van der Waals surface area contributed by atoms with Crippen LogP contribution >= 0.6 is 0 Å². The third-order valence-electron chi connectivity index (χ3n) is 4.22. The average molecular weight is 291 g/mol. The van der Waals surface area contributed by atoms with Crippen molar-refractivity contribution in [1.82, 2.24) is 4.90 Å². The lowest BCUT2D eigenvalue weighted by Crippen LogP contribution is -2.51. The van der Waals surface area contributed by atoms with Crippen molar-refractivity contribution < 1.29 is 14.8 Å². The van der Waals surface area contributed by atoms with Gasteiger partial charge < -0.3 is 10.4 Å².